The lowest BCUT2D eigenvalue weighted by Gasteiger charge is -2.22. The number of anilines is 1. The number of hydrogen-bond donors (Lipinski definition) is 0. The Balaban J connectivity index is 2.01. The number of ether oxygens (including phenoxy) is 1. The molecule has 0 unspecified atom stereocenters. The van der Waals surface area contributed by atoms with Crippen LogP contribution in [0.1, 0.15) is 5.56 Å². The molecule has 0 aliphatic rings. The molecule has 3 rings (SSSR count). The van der Waals surface area contributed by atoms with Gasteiger partial charge in [-0.2, -0.15) is 0 Å². The summed E-state index contributed by atoms with van der Waals surface area (Å²) in [6, 6.07) is 14.3. The van der Waals surface area contributed by atoms with Gasteiger partial charge in [0.25, 0.3) is 10.0 Å². The summed E-state index contributed by atoms with van der Waals surface area (Å²) in [7, 11) is 1.43. The third-order valence-corrected chi connectivity index (χ3v) is 6.22. The fourth-order valence-corrected chi connectivity index (χ4v) is 4.09. The minimum absolute atomic E-state index is 0.227. The van der Waals surface area contributed by atoms with Gasteiger partial charge in [0.05, 0.1) is 17.7 Å². The molecule has 0 spiro atoms. The molecule has 3 aromatic rings. The van der Waals surface area contributed by atoms with Crippen molar-refractivity contribution in [2.45, 2.75) is 11.8 Å². The average molecular weight is 370 g/mol. The molecule has 0 atom stereocenters. The molecule has 2 aromatic carbocycles. The van der Waals surface area contributed by atoms with Crippen molar-refractivity contribution in [1.29, 1.82) is 0 Å². The Morgan fingerprint density at radius 2 is 1.69 bits per heavy atom. The van der Waals surface area contributed by atoms with Crippen molar-refractivity contribution in [2.24, 2.45) is 7.05 Å². The standard InChI is InChI=1S/C20H22N2O3S/c1-15-5-6-16(17-11-12-21(2)14-17)13-20(15)22(3)26(23,24)19-9-7-18(25-4)8-10-19/h5-14H,1-4H3. The van der Waals surface area contributed by atoms with Crippen molar-refractivity contribution in [1.82, 2.24) is 4.57 Å². The second-order valence-electron chi connectivity index (χ2n) is 6.21. The minimum atomic E-state index is -3.66. The molecule has 0 amide bonds. The van der Waals surface area contributed by atoms with Crippen LogP contribution in [-0.4, -0.2) is 27.1 Å². The highest BCUT2D eigenvalue weighted by Gasteiger charge is 2.23. The number of rotatable bonds is 5. The van der Waals surface area contributed by atoms with Gasteiger partial charge in [-0.25, -0.2) is 8.42 Å². The first-order chi connectivity index (χ1) is 12.3. The van der Waals surface area contributed by atoms with Gasteiger partial charge in [-0.05, 0) is 60.0 Å². The van der Waals surface area contributed by atoms with E-state index in [1.807, 2.05) is 55.2 Å². The summed E-state index contributed by atoms with van der Waals surface area (Å²) in [5.74, 6) is 0.619. The van der Waals surface area contributed by atoms with E-state index >= 15 is 0 Å². The number of aromatic nitrogens is 1. The van der Waals surface area contributed by atoms with Gasteiger partial charge in [0, 0.05) is 26.5 Å². The molecule has 5 nitrogen and oxygen atoms in total. The average Bonchev–Trinajstić information content (AvgIpc) is 3.08. The van der Waals surface area contributed by atoms with Gasteiger partial charge < -0.3 is 9.30 Å². The minimum Gasteiger partial charge on any atom is -0.497 e. The highest BCUT2D eigenvalue weighted by atomic mass is 32.2. The first-order valence-electron chi connectivity index (χ1n) is 8.19. The van der Waals surface area contributed by atoms with Crippen LogP contribution in [0, 0.1) is 6.92 Å². The molecule has 1 heterocycles. The molecular weight excluding hydrogens is 348 g/mol. The Bertz CT molecular complexity index is 1020. The SMILES string of the molecule is COc1ccc(S(=O)(=O)N(C)c2cc(-c3ccn(C)c3)ccc2C)cc1. The predicted molar refractivity (Wildman–Crippen MR) is 104 cm³/mol. The monoisotopic (exact) mass is 370 g/mol. The van der Waals surface area contributed by atoms with Gasteiger partial charge in [0.15, 0.2) is 0 Å². The van der Waals surface area contributed by atoms with Gasteiger partial charge in [0.1, 0.15) is 5.75 Å². The second kappa shape index (κ2) is 6.88. The molecule has 1 aromatic heterocycles. The molecule has 0 N–H and O–H groups in total. The number of nitrogens with zero attached hydrogens (tertiary/aromatic N) is 2. The summed E-state index contributed by atoms with van der Waals surface area (Å²) in [6.45, 7) is 1.91. The van der Waals surface area contributed by atoms with Crippen molar-refractivity contribution in [3.8, 4) is 16.9 Å². The molecule has 0 saturated heterocycles. The number of aryl methyl sites for hydroxylation is 2. The Morgan fingerprint density at radius 1 is 1.00 bits per heavy atom. The van der Waals surface area contributed by atoms with E-state index in [1.54, 1.807) is 38.4 Å². The predicted octanol–water partition coefficient (Wildman–Crippen LogP) is 3.83. The van der Waals surface area contributed by atoms with E-state index in [4.69, 9.17) is 4.74 Å². The fraction of sp³-hybridized carbons (Fsp3) is 0.200. The molecule has 0 bridgehead atoms. The molecule has 0 saturated carbocycles. The van der Waals surface area contributed by atoms with Crippen molar-refractivity contribution in [3.63, 3.8) is 0 Å². The van der Waals surface area contributed by atoms with E-state index in [0.717, 1.165) is 16.7 Å². The number of hydrogen-bond acceptors (Lipinski definition) is 3. The Labute approximate surface area is 154 Å². The van der Waals surface area contributed by atoms with Gasteiger partial charge in [-0.1, -0.05) is 12.1 Å². The zero-order valence-corrected chi connectivity index (χ0v) is 16.1. The summed E-state index contributed by atoms with van der Waals surface area (Å²) in [4.78, 5) is 0.227. The molecule has 136 valence electrons. The normalized spacial score (nSPS) is 11.4. The van der Waals surface area contributed by atoms with Crippen molar-refractivity contribution in [3.05, 3.63) is 66.5 Å². The highest BCUT2D eigenvalue weighted by Crippen LogP contribution is 2.31. The maximum Gasteiger partial charge on any atom is 0.264 e. The van der Waals surface area contributed by atoms with Crippen molar-refractivity contribution < 1.29 is 13.2 Å². The Kier molecular flexibility index (Phi) is 4.78. The van der Waals surface area contributed by atoms with Gasteiger partial charge >= 0.3 is 0 Å². The maximum atomic E-state index is 13.0. The maximum absolute atomic E-state index is 13.0. The number of methoxy groups -OCH3 is 1. The van der Waals surface area contributed by atoms with Crippen LogP contribution in [-0.2, 0) is 17.1 Å². The molecule has 0 aliphatic heterocycles. The van der Waals surface area contributed by atoms with E-state index < -0.39 is 10.0 Å². The van der Waals surface area contributed by atoms with Gasteiger partial charge in [-0.15, -0.1) is 0 Å². The van der Waals surface area contributed by atoms with E-state index in [9.17, 15) is 8.42 Å². The summed E-state index contributed by atoms with van der Waals surface area (Å²) in [5, 5.41) is 0. The van der Waals surface area contributed by atoms with Crippen LogP contribution in [0.2, 0.25) is 0 Å². The zero-order valence-electron chi connectivity index (χ0n) is 15.3. The summed E-state index contributed by atoms with van der Waals surface area (Å²) in [5.41, 5.74) is 3.57. The van der Waals surface area contributed by atoms with Crippen molar-refractivity contribution in [2.75, 3.05) is 18.5 Å². The first kappa shape index (κ1) is 18.1. The molecule has 6 heteroatoms. The fourth-order valence-electron chi connectivity index (χ4n) is 2.84. The van der Waals surface area contributed by atoms with E-state index in [1.165, 1.54) is 4.31 Å². The molecule has 0 aliphatic carbocycles. The zero-order chi connectivity index (χ0) is 18.9. The van der Waals surface area contributed by atoms with Crippen LogP contribution in [0.25, 0.3) is 11.1 Å². The van der Waals surface area contributed by atoms with Crippen LogP contribution in [0.5, 0.6) is 5.75 Å². The third-order valence-electron chi connectivity index (χ3n) is 4.43. The Morgan fingerprint density at radius 3 is 2.27 bits per heavy atom. The lowest BCUT2D eigenvalue weighted by molar-refractivity contribution is 0.414. The number of benzene rings is 2. The van der Waals surface area contributed by atoms with Gasteiger partial charge in [0.2, 0.25) is 0 Å². The largest absolute Gasteiger partial charge is 0.497 e. The summed E-state index contributed by atoms with van der Waals surface area (Å²) < 4.78 is 34.4. The smallest absolute Gasteiger partial charge is 0.264 e. The lowest BCUT2D eigenvalue weighted by Crippen LogP contribution is -2.27. The van der Waals surface area contributed by atoms with Crippen LogP contribution in [0.4, 0.5) is 5.69 Å². The van der Waals surface area contributed by atoms with Crippen LogP contribution in [0.15, 0.2) is 65.8 Å². The topological polar surface area (TPSA) is 51.5 Å². The van der Waals surface area contributed by atoms with Crippen molar-refractivity contribution >= 4 is 15.7 Å². The van der Waals surface area contributed by atoms with Crippen LogP contribution >= 0.6 is 0 Å². The summed E-state index contributed by atoms with van der Waals surface area (Å²) in [6.07, 6.45) is 3.97. The lowest BCUT2D eigenvalue weighted by atomic mass is 10.1. The highest BCUT2D eigenvalue weighted by molar-refractivity contribution is 7.92. The first-order valence-corrected chi connectivity index (χ1v) is 9.63. The second-order valence-corrected chi connectivity index (χ2v) is 8.18. The van der Waals surface area contributed by atoms with Crippen LogP contribution < -0.4 is 9.04 Å². The van der Waals surface area contributed by atoms with E-state index in [2.05, 4.69) is 0 Å². The van der Waals surface area contributed by atoms with E-state index in [0.29, 0.717) is 11.4 Å². The summed E-state index contributed by atoms with van der Waals surface area (Å²) >= 11 is 0. The quantitative estimate of drug-likeness (QED) is 0.686. The molecule has 0 radical (unpaired) electrons. The third kappa shape index (κ3) is 3.32. The van der Waals surface area contributed by atoms with E-state index in [-0.39, 0.29) is 4.90 Å². The molecular formula is C20H22N2O3S. The Hall–Kier alpha value is -2.73. The van der Waals surface area contributed by atoms with Crippen LogP contribution in [0.3, 0.4) is 0 Å². The molecule has 0 fully saturated rings. The number of sulfonamides is 1. The molecule has 26 heavy (non-hydrogen) atoms. The van der Waals surface area contributed by atoms with Gasteiger partial charge in [-0.3, -0.25) is 4.31 Å².